The molecule has 0 saturated carbocycles. The highest BCUT2D eigenvalue weighted by molar-refractivity contribution is 5.97. The summed E-state index contributed by atoms with van der Waals surface area (Å²) in [6.07, 6.45) is -0.148. The van der Waals surface area contributed by atoms with Crippen LogP contribution in [0.5, 0.6) is 0 Å². The zero-order valence-electron chi connectivity index (χ0n) is 12.9. The fourth-order valence-electron chi connectivity index (χ4n) is 2.54. The van der Waals surface area contributed by atoms with E-state index in [1.54, 1.807) is 0 Å². The molecule has 21 heavy (non-hydrogen) atoms. The van der Waals surface area contributed by atoms with E-state index in [2.05, 4.69) is 0 Å². The maximum Gasteiger partial charge on any atom is 0.173 e. The Bertz CT molecular complexity index is 513. The fourth-order valence-corrected chi connectivity index (χ4v) is 2.54. The Morgan fingerprint density at radius 1 is 0.857 bits per heavy atom. The van der Waals surface area contributed by atoms with Crippen LogP contribution in [0.2, 0.25) is 0 Å². The van der Waals surface area contributed by atoms with Crippen LogP contribution in [0, 0.1) is 47.9 Å². The van der Waals surface area contributed by atoms with Crippen LogP contribution in [0.3, 0.4) is 0 Å². The molecule has 0 aliphatic heterocycles. The van der Waals surface area contributed by atoms with Gasteiger partial charge in [0.05, 0.1) is 5.56 Å². The molecule has 1 aromatic rings. The first-order valence-electron chi connectivity index (χ1n) is 6.95. The summed E-state index contributed by atoms with van der Waals surface area (Å²) in [5.74, 6) is -7.05. The van der Waals surface area contributed by atoms with Crippen molar-refractivity contribution in [3.05, 3.63) is 34.4 Å². The number of halogens is 4. The SMILES string of the molecule is Cc1c(F)c(F)c(C(=O)CC(C(C)C)C(C)C)c(F)c1F. The second-order valence-corrected chi connectivity index (χ2v) is 6.04. The lowest BCUT2D eigenvalue weighted by atomic mass is 9.81. The predicted octanol–water partition coefficient (Wildman–Crippen LogP) is 5.05. The third-order valence-electron chi connectivity index (χ3n) is 3.90. The predicted molar refractivity (Wildman–Crippen MR) is 73.1 cm³/mol. The van der Waals surface area contributed by atoms with E-state index in [1.807, 2.05) is 27.7 Å². The molecule has 0 heterocycles. The van der Waals surface area contributed by atoms with Crippen LogP contribution in [0.25, 0.3) is 0 Å². The van der Waals surface area contributed by atoms with Gasteiger partial charge in [-0.25, -0.2) is 17.6 Å². The van der Waals surface area contributed by atoms with Crippen molar-refractivity contribution in [2.45, 2.75) is 41.0 Å². The molecule has 0 unspecified atom stereocenters. The van der Waals surface area contributed by atoms with Gasteiger partial charge < -0.3 is 0 Å². The van der Waals surface area contributed by atoms with Crippen LogP contribution in [0.4, 0.5) is 17.6 Å². The Balaban J connectivity index is 3.26. The lowest BCUT2D eigenvalue weighted by molar-refractivity contribution is 0.0916. The summed E-state index contributed by atoms with van der Waals surface area (Å²) in [4.78, 5) is 12.1. The second-order valence-electron chi connectivity index (χ2n) is 6.04. The summed E-state index contributed by atoms with van der Waals surface area (Å²) in [6.45, 7) is 8.49. The van der Waals surface area contributed by atoms with Crippen molar-refractivity contribution in [2.75, 3.05) is 0 Å². The van der Waals surface area contributed by atoms with Gasteiger partial charge in [-0.15, -0.1) is 0 Å². The number of rotatable bonds is 5. The lowest BCUT2D eigenvalue weighted by Crippen LogP contribution is -2.22. The quantitative estimate of drug-likeness (QED) is 0.422. The first-order chi connectivity index (χ1) is 9.59. The molecule has 0 saturated heterocycles. The first kappa shape index (κ1) is 17.7. The van der Waals surface area contributed by atoms with E-state index in [9.17, 15) is 22.4 Å². The van der Waals surface area contributed by atoms with Gasteiger partial charge in [-0.05, 0) is 24.7 Å². The summed E-state index contributed by atoms with van der Waals surface area (Å²) in [5, 5.41) is 0. The number of carbonyl (C=O) groups excluding carboxylic acids is 1. The number of Topliss-reactive ketones (excluding diaryl/α,β-unsaturated/α-hetero) is 1. The maximum atomic E-state index is 13.8. The van der Waals surface area contributed by atoms with Crippen LogP contribution in [-0.4, -0.2) is 5.78 Å². The summed E-state index contributed by atoms with van der Waals surface area (Å²) in [5.41, 5.74) is -1.87. The van der Waals surface area contributed by atoms with Crippen LogP contribution in [0.1, 0.15) is 50.0 Å². The number of carbonyl (C=O) groups is 1. The molecule has 1 nitrogen and oxygen atoms in total. The zero-order valence-corrected chi connectivity index (χ0v) is 12.9. The highest BCUT2D eigenvalue weighted by atomic mass is 19.2. The van der Waals surface area contributed by atoms with E-state index in [0.717, 1.165) is 6.92 Å². The van der Waals surface area contributed by atoms with Crippen molar-refractivity contribution >= 4 is 5.78 Å². The monoisotopic (exact) mass is 304 g/mol. The highest BCUT2D eigenvalue weighted by Crippen LogP contribution is 2.29. The minimum absolute atomic E-state index is 0.111. The van der Waals surface area contributed by atoms with E-state index < -0.39 is 40.2 Å². The molecule has 1 aromatic carbocycles. The smallest absolute Gasteiger partial charge is 0.173 e. The molecule has 0 radical (unpaired) electrons. The first-order valence-corrected chi connectivity index (χ1v) is 6.95. The van der Waals surface area contributed by atoms with Crippen molar-refractivity contribution in [3.63, 3.8) is 0 Å². The van der Waals surface area contributed by atoms with Crippen LogP contribution >= 0.6 is 0 Å². The fraction of sp³-hybridized carbons (Fsp3) is 0.562. The van der Waals surface area contributed by atoms with Gasteiger partial charge in [-0.3, -0.25) is 4.79 Å². The summed E-state index contributed by atoms with van der Waals surface area (Å²) in [6, 6.07) is 0. The number of hydrogen-bond donors (Lipinski definition) is 0. The molecule has 0 atom stereocenters. The average Bonchev–Trinajstić information content (AvgIpc) is 2.39. The van der Waals surface area contributed by atoms with Gasteiger partial charge >= 0.3 is 0 Å². The zero-order chi connectivity index (χ0) is 16.5. The van der Waals surface area contributed by atoms with Crippen molar-refractivity contribution < 1.29 is 22.4 Å². The normalized spacial score (nSPS) is 11.8. The molecule has 5 heteroatoms. The van der Waals surface area contributed by atoms with Crippen molar-refractivity contribution in [1.29, 1.82) is 0 Å². The van der Waals surface area contributed by atoms with Gasteiger partial charge in [0.1, 0.15) is 0 Å². The van der Waals surface area contributed by atoms with Gasteiger partial charge in [-0.2, -0.15) is 0 Å². The summed E-state index contributed by atoms with van der Waals surface area (Å²) >= 11 is 0. The van der Waals surface area contributed by atoms with Crippen LogP contribution < -0.4 is 0 Å². The highest BCUT2D eigenvalue weighted by Gasteiger charge is 2.30. The molecule has 0 N–H and O–H groups in total. The molecular formula is C16H20F4O. The Labute approximate surface area is 122 Å². The third-order valence-corrected chi connectivity index (χ3v) is 3.90. The molecule has 0 aromatic heterocycles. The van der Waals surface area contributed by atoms with E-state index in [0.29, 0.717) is 0 Å². The molecular weight excluding hydrogens is 284 g/mol. The second kappa shape index (κ2) is 6.58. The Kier molecular flexibility index (Phi) is 5.54. The summed E-state index contributed by atoms with van der Waals surface area (Å²) in [7, 11) is 0. The molecule has 0 aliphatic carbocycles. The average molecular weight is 304 g/mol. The Morgan fingerprint density at radius 2 is 1.24 bits per heavy atom. The molecule has 0 aliphatic rings. The molecule has 0 spiro atoms. The van der Waals surface area contributed by atoms with Crippen molar-refractivity contribution in [2.24, 2.45) is 17.8 Å². The van der Waals surface area contributed by atoms with Gasteiger partial charge in [-0.1, -0.05) is 27.7 Å². The standard InChI is InChI=1S/C16H20F4O/c1-7(2)10(8(3)4)6-11(21)12-15(19)13(17)9(5)14(18)16(12)20/h7-8,10H,6H2,1-5H3. The number of hydrogen-bond acceptors (Lipinski definition) is 1. The van der Waals surface area contributed by atoms with Gasteiger partial charge in [0.15, 0.2) is 29.1 Å². The Morgan fingerprint density at radius 3 is 1.57 bits per heavy atom. The van der Waals surface area contributed by atoms with E-state index in [-0.39, 0.29) is 24.2 Å². The minimum Gasteiger partial charge on any atom is -0.294 e. The molecule has 118 valence electrons. The molecule has 1 rings (SSSR count). The summed E-state index contributed by atoms with van der Waals surface area (Å²) < 4.78 is 54.6. The van der Waals surface area contributed by atoms with E-state index >= 15 is 0 Å². The minimum atomic E-state index is -1.61. The van der Waals surface area contributed by atoms with E-state index in [4.69, 9.17) is 0 Å². The maximum absolute atomic E-state index is 13.8. The van der Waals surface area contributed by atoms with E-state index in [1.165, 1.54) is 0 Å². The third kappa shape index (κ3) is 3.44. The molecule has 0 fully saturated rings. The number of ketones is 1. The van der Waals surface area contributed by atoms with Crippen molar-refractivity contribution in [1.82, 2.24) is 0 Å². The molecule has 0 amide bonds. The number of benzene rings is 1. The van der Waals surface area contributed by atoms with Crippen molar-refractivity contribution in [3.8, 4) is 0 Å². The van der Waals surface area contributed by atoms with Gasteiger partial charge in [0.25, 0.3) is 0 Å². The Hall–Kier alpha value is -1.39. The largest absolute Gasteiger partial charge is 0.294 e. The van der Waals surface area contributed by atoms with Gasteiger partial charge in [0.2, 0.25) is 0 Å². The molecule has 0 bridgehead atoms. The topological polar surface area (TPSA) is 17.1 Å². The lowest BCUT2D eigenvalue weighted by Gasteiger charge is -2.24. The van der Waals surface area contributed by atoms with Gasteiger partial charge in [0, 0.05) is 12.0 Å². The van der Waals surface area contributed by atoms with Crippen LogP contribution in [-0.2, 0) is 0 Å². The van der Waals surface area contributed by atoms with Crippen LogP contribution in [0.15, 0.2) is 0 Å².